The smallest absolute Gasteiger partial charge is 0.0558 e. The van der Waals surface area contributed by atoms with Gasteiger partial charge in [-0.2, -0.15) is 0 Å². The maximum absolute atomic E-state index is 8.88. The van der Waals surface area contributed by atoms with E-state index < -0.39 is 0 Å². The summed E-state index contributed by atoms with van der Waals surface area (Å²) in [5.74, 6) is 0. The van der Waals surface area contributed by atoms with Gasteiger partial charge in [0.2, 0.25) is 0 Å². The number of β-amino-alcohol motifs (C(OH)–C–C–N with tert-alkyl or cyclic N) is 1. The first-order valence-corrected chi connectivity index (χ1v) is 5.55. The number of aliphatic hydroxyl groups is 1. The highest BCUT2D eigenvalue weighted by Crippen LogP contribution is 2.20. The fraction of sp³-hybridized carbons (Fsp3) is 1.00. The van der Waals surface area contributed by atoms with Crippen LogP contribution in [0.2, 0.25) is 0 Å². The van der Waals surface area contributed by atoms with Crippen molar-refractivity contribution in [1.82, 2.24) is 9.80 Å². The molecule has 0 bridgehead atoms. The van der Waals surface area contributed by atoms with Gasteiger partial charge in [0.1, 0.15) is 0 Å². The molecule has 0 radical (unpaired) electrons. The van der Waals surface area contributed by atoms with Crippen molar-refractivity contribution >= 4 is 0 Å². The first kappa shape index (κ1) is 12.0. The molecule has 1 fully saturated rings. The van der Waals surface area contributed by atoms with Crippen LogP contribution in [0.3, 0.4) is 0 Å². The molecule has 0 aliphatic carbocycles. The minimum atomic E-state index is 0.269. The maximum atomic E-state index is 8.88. The molecule has 1 N–H and O–H groups in total. The van der Waals surface area contributed by atoms with Crippen molar-refractivity contribution in [2.45, 2.75) is 39.3 Å². The molecule has 1 heterocycles. The molecule has 0 spiro atoms. The Hall–Kier alpha value is -0.120. The van der Waals surface area contributed by atoms with E-state index in [1.165, 1.54) is 0 Å². The Labute approximate surface area is 87.7 Å². The lowest BCUT2D eigenvalue weighted by atomic mass is 10.0. The van der Waals surface area contributed by atoms with Gasteiger partial charge in [0.15, 0.2) is 0 Å². The Bertz CT molecular complexity index is 177. The Morgan fingerprint density at radius 1 is 1.29 bits per heavy atom. The average Bonchev–Trinajstić information content (AvgIpc) is 2.02. The summed E-state index contributed by atoms with van der Waals surface area (Å²) in [6.45, 7) is 13.5. The SMILES string of the molecule is C[C@@H]1CN(CCO)CCN1C(C)(C)C. The summed E-state index contributed by atoms with van der Waals surface area (Å²) >= 11 is 0. The molecule has 0 aromatic heterocycles. The van der Waals surface area contributed by atoms with Crippen LogP contribution in [0.15, 0.2) is 0 Å². The highest BCUT2D eigenvalue weighted by molar-refractivity contribution is 4.87. The summed E-state index contributed by atoms with van der Waals surface area (Å²) in [5.41, 5.74) is 0.269. The quantitative estimate of drug-likeness (QED) is 0.714. The molecule has 1 saturated heterocycles. The molecule has 0 unspecified atom stereocenters. The van der Waals surface area contributed by atoms with Crippen molar-refractivity contribution in [3.8, 4) is 0 Å². The van der Waals surface area contributed by atoms with E-state index in [1.54, 1.807) is 0 Å². The van der Waals surface area contributed by atoms with Crippen molar-refractivity contribution in [2.24, 2.45) is 0 Å². The monoisotopic (exact) mass is 200 g/mol. The summed E-state index contributed by atoms with van der Waals surface area (Å²) in [6.07, 6.45) is 0. The van der Waals surface area contributed by atoms with E-state index in [1.807, 2.05) is 0 Å². The van der Waals surface area contributed by atoms with Crippen LogP contribution in [0.25, 0.3) is 0 Å². The number of hydrogen-bond donors (Lipinski definition) is 1. The fourth-order valence-electron chi connectivity index (χ4n) is 2.37. The summed E-state index contributed by atoms with van der Waals surface area (Å²) in [4.78, 5) is 4.88. The zero-order valence-corrected chi connectivity index (χ0v) is 9.95. The summed E-state index contributed by atoms with van der Waals surface area (Å²) in [5, 5.41) is 8.88. The number of rotatable bonds is 2. The standard InChI is InChI=1S/C11H24N2O/c1-10-9-12(7-8-14)5-6-13(10)11(2,3)4/h10,14H,5-9H2,1-4H3/t10-/m1/s1. The first-order chi connectivity index (χ1) is 6.45. The minimum absolute atomic E-state index is 0.269. The van der Waals surface area contributed by atoms with E-state index in [2.05, 4.69) is 37.5 Å². The molecular formula is C11H24N2O. The Morgan fingerprint density at radius 2 is 1.93 bits per heavy atom. The van der Waals surface area contributed by atoms with Gasteiger partial charge in [0.05, 0.1) is 6.61 Å². The van der Waals surface area contributed by atoms with Crippen molar-refractivity contribution < 1.29 is 5.11 Å². The van der Waals surface area contributed by atoms with E-state index >= 15 is 0 Å². The topological polar surface area (TPSA) is 26.7 Å². The molecule has 0 saturated carbocycles. The zero-order chi connectivity index (χ0) is 10.8. The Morgan fingerprint density at radius 3 is 2.36 bits per heavy atom. The molecule has 0 aromatic rings. The largest absolute Gasteiger partial charge is 0.395 e. The van der Waals surface area contributed by atoms with Crippen LogP contribution in [0.4, 0.5) is 0 Å². The van der Waals surface area contributed by atoms with E-state index in [0.29, 0.717) is 6.04 Å². The van der Waals surface area contributed by atoms with E-state index in [0.717, 1.165) is 26.2 Å². The third-order valence-electron chi connectivity index (χ3n) is 2.99. The highest BCUT2D eigenvalue weighted by atomic mass is 16.3. The third kappa shape index (κ3) is 2.94. The zero-order valence-electron chi connectivity index (χ0n) is 9.95. The van der Waals surface area contributed by atoms with Crippen LogP contribution in [0, 0.1) is 0 Å². The molecule has 3 heteroatoms. The lowest BCUT2D eigenvalue weighted by Crippen LogP contribution is -2.58. The van der Waals surface area contributed by atoms with Gasteiger partial charge >= 0.3 is 0 Å². The Kier molecular flexibility index (Phi) is 3.93. The lowest BCUT2D eigenvalue weighted by Gasteiger charge is -2.46. The van der Waals surface area contributed by atoms with Crippen molar-refractivity contribution in [1.29, 1.82) is 0 Å². The van der Waals surface area contributed by atoms with Crippen LogP contribution in [-0.4, -0.2) is 59.3 Å². The Balaban J connectivity index is 2.48. The maximum Gasteiger partial charge on any atom is 0.0558 e. The summed E-state index contributed by atoms with van der Waals surface area (Å²) in [7, 11) is 0. The van der Waals surface area contributed by atoms with Crippen LogP contribution >= 0.6 is 0 Å². The van der Waals surface area contributed by atoms with E-state index in [-0.39, 0.29) is 12.1 Å². The second-order valence-corrected chi connectivity index (χ2v) is 5.24. The molecule has 3 nitrogen and oxygen atoms in total. The summed E-state index contributed by atoms with van der Waals surface area (Å²) < 4.78 is 0. The van der Waals surface area contributed by atoms with Gasteiger partial charge in [0, 0.05) is 37.8 Å². The predicted octanol–water partition coefficient (Wildman–Crippen LogP) is 0.783. The fourth-order valence-corrected chi connectivity index (χ4v) is 2.37. The van der Waals surface area contributed by atoms with Gasteiger partial charge in [-0.05, 0) is 27.7 Å². The van der Waals surface area contributed by atoms with Gasteiger partial charge < -0.3 is 5.11 Å². The number of piperazine rings is 1. The normalized spacial score (nSPS) is 26.8. The average molecular weight is 200 g/mol. The second-order valence-electron chi connectivity index (χ2n) is 5.24. The van der Waals surface area contributed by atoms with Crippen LogP contribution in [0.5, 0.6) is 0 Å². The molecule has 1 aliphatic rings. The molecule has 0 aromatic carbocycles. The minimum Gasteiger partial charge on any atom is -0.395 e. The molecule has 84 valence electrons. The van der Waals surface area contributed by atoms with Crippen LogP contribution in [0.1, 0.15) is 27.7 Å². The molecule has 0 amide bonds. The van der Waals surface area contributed by atoms with Gasteiger partial charge in [-0.1, -0.05) is 0 Å². The van der Waals surface area contributed by atoms with Crippen molar-refractivity contribution in [3.05, 3.63) is 0 Å². The molecule has 1 rings (SSSR count). The first-order valence-electron chi connectivity index (χ1n) is 5.55. The predicted molar refractivity (Wildman–Crippen MR) is 59.4 cm³/mol. The van der Waals surface area contributed by atoms with Crippen LogP contribution < -0.4 is 0 Å². The van der Waals surface area contributed by atoms with Gasteiger partial charge in [-0.15, -0.1) is 0 Å². The summed E-state index contributed by atoms with van der Waals surface area (Å²) in [6, 6.07) is 0.593. The van der Waals surface area contributed by atoms with E-state index in [4.69, 9.17) is 5.11 Å². The van der Waals surface area contributed by atoms with E-state index in [9.17, 15) is 0 Å². The molecule has 14 heavy (non-hydrogen) atoms. The lowest BCUT2D eigenvalue weighted by molar-refractivity contribution is 0.0130. The van der Waals surface area contributed by atoms with Gasteiger partial charge in [-0.25, -0.2) is 0 Å². The van der Waals surface area contributed by atoms with Gasteiger partial charge in [0.25, 0.3) is 0 Å². The number of nitrogens with zero attached hydrogens (tertiary/aromatic N) is 2. The molecule has 1 aliphatic heterocycles. The molecular weight excluding hydrogens is 176 g/mol. The highest BCUT2D eigenvalue weighted by Gasteiger charge is 2.30. The van der Waals surface area contributed by atoms with Crippen LogP contribution in [-0.2, 0) is 0 Å². The van der Waals surface area contributed by atoms with Gasteiger partial charge in [-0.3, -0.25) is 9.80 Å². The number of hydrogen-bond acceptors (Lipinski definition) is 3. The van der Waals surface area contributed by atoms with Crippen molar-refractivity contribution in [2.75, 3.05) is 32.8 Å². The molecule has 1 atom stereocenters. The van der Waals surface area contributed by atoms with Crippen molar-refractivity contribution in [3.63, 3.8) is 0 Å². The number of aliphatic hydroxyl groups excluding tert-OH is 1. The third-order valence-corrected chi connectivity index (χ3v) is 2.99. The second kappa shape index (κ2) is 4.60.